The number of cyclic esters (lactones) is 1. The van der Waals surface area contributed by atoms with Crippen LogP contribution in [0.3, 0.4) is 0 Å². The molecule has 110 valence electrons. The number of aliphatic hydroxyl groups excluding tert-OH is 2. The van der Waals surface area contributed by atoms with Crippen LogP contribution in [0.15, 0.2) is 11.6 Å². The molecule has 2 fully saturated rings. The van der Waals surface area contributed by atoms with Crippen molar-refractivity contribution >= 4 is 12.3 Å². The van der Waals surface area contributed by atoms with Crippen molar-refractivity contribution in [3.8, 4) is 0 Å². The number of ether oxygens (including phenoxy) is 1. The normalized spacial score (nSPS) is 46.0. The maximum atomic E-state index is 12.4. The summed E-state index contributed by atoms with van der Waals surface area (Å²) < 4.78 is 5.02. The molecule has 0 aromatic heterocycles. The molecule has 3 aliphatic rings. The highest BCUT2D eigenvalue weighted by Gasteiger charge is 2.70. The minimum absolute atomic E-state index is 0.128. The molecule has 3 rings (SSSR count). The van der Waals surface area contributed by atoms with Crippen molar-refractivity contribution in [2.75, 3.05) is 0 Å². The third-order valence-corrected chi connectivity index (χ3v) is 5.60. The fraction of sp³-hybridized carbons (Fsp3) is 0.733. The van der Waals surface area contributed by atoms with Gasteiger partial charge in [0, 0.05) is 0 Å². The van der Waals surface area contributed by atoms with E-state index in [1.807, 2.05) is 0 Å². The highest BCUT2D eigenvalue weighted by molar-refractivity contribution is 5.86. The number of hydrogen-bond donors (Lipinski definition) is 2. The van der Waals surface area contributed by atoms with Crippen molar-refractivity contribution in [3.63, 3.8) is 0 Å². The van der Waals surface area contributed by atoms with Crippen LogP contribution >= 0.6 is 0 Å². The summed E-state index contributed by atoms with van der Waals surface area (Å²) in [6.45, 7) is 4.14. The number of rotatable bonds is 1. The second-order valence-corrected chi connectivity index (χ2v) is 6.86. The molecule has 1 aliphatic heterocycles. The lowest BCUT2D eigenvalue weighted by atomic mass is 9.47. The van der Waals surface area contributed by atoms with E-state index >= 15 is 0 Å². The molecule has 0 bridgehead atoms. The molecule has 1 saturated heterocycles. The summed E-state index contributed by atoms with van der Waals surface area (Å²) in [5.74, 6) is -1.44. The Morgan fingerprint density at radius 2 is 2.10 bits per heavy atom. The van der Waals surface area contributed by atoms with Crippen LogP contribution in [-0.2, 0) is 14.3 Å². The average Bonchev–Trinajstić information content (AvgIpc) is 2.67. The van der Waals surface area contributed by atoms with E-state index < -0.39 is 29.7 Å². The number of esters is 1. The van der Waals surface area contributed by atoms with E-state index in [2.05, 4.69) is 13.8 Å². The molecule has 0 aromatic carbocycles. The number of aldehydes is 1. The van der Waals surface area contributed by atoms with E-state index in [-0.39, 0.29) is 11.3 Å². The fourth-order valence-corrected chi connectivity index (χ4v) is 4.60. The lowest BCUT2D eigenvalue weighted by Crippen LogP contribution is -2.59. The molecule has 1 saturated carbocycles. The van der Waals surface area contributed by atoms with Gasteiger partial charge in [0.25, 0.3) is 0 Å². The lowest BCUT2D eigenvalue weighted by molar-refractivity contribution is -0.174. The van der Waals surface area contributed by atoms with Crippen molar-refractivity contribution < 1.29 is 24.5 Å². The van der Waals surface area contributed by atoms with Crippen LogP contribution in [0.2, 0.25) is 0 Å². The predicted molar refractivity (Wildman–Crippen MR) is 69.3 cm³/mol. The smallest absolute Gasteiger partial charge is 0.318 e. The van der Waals surface area contributed by atoms with Gasteiger partial charge in [-0.15, -0.1) is 0 Å². The molecule has 0 amide bonds. The maximum absolute atomic E-state index is 12.4. The Kier molecular flexibility index (Phi) is 2.86. The van der Waals surface area contributed by atoms with E-state index in [9.17, 15) is 19.8 Å². The fourth-order valence-electron chi connectivity index (χ4n) is 4.60. The molecular formula is C15H20O5. The number of allylic oxidation sites excluding steroid dienone is 1. The number of carbonyl (C=O) groups excluding carboxylic acids is 2. The molecule has 1 spiro atoms. The molecule has 5 unspecified atom stereocenters. The van der Waals surface area contributed by atoms with Gasteiger partial charge in [-0.3, -0.25) is 9.59 Å². The number of hydrogen-bond acceptors (Lipinski definition) is 5. The van der Waals surface area contributed by atoms with Crippen LogP contribution in [0.1, 0.15) is 33.1 Å². The van der Waals surface area contributed by atoms with Gasteiger partial charge >= 0.3 is 5.97 Å². The summed E-state index contributed by atoms with van der Waals surface area (Å²) in [7, 11) is 0. The molecule has 0 radical (unpaired) electrons. The molecule has 5 heteroatoms. The second-order valence-electron chi connectivity index (χ2n) is 6.86. The van der Waals surface area contributed by atoms with E-state index in [4.69, 9.17) is 4.74 Å². The highest BCUT2D eigenvalue weighted by atomic mass is 16.6. The van der Waals surface area contributed by atoms with Crippen LogP contribution < -0.4 is 0 Å². The number of carbonyl (C=O) groups is 2. The van der Waals surface area contributed by atoms with E-state index in [0.29, 0.717) is 24.7 Å². The Balaban J connectivity index is 2.21. The summed E-state index contributed by atoms with van der Waals surface area (Å²) in [4.78, 5) is 23.7. The Morgan fingerprint density at radius 3 is 2.75 bits per heavy atom. The summed E-state index contributed by atoms with van der Waals surface area (Å²) in [6.07, 6.45) is 2.07. The third-order valence-electron chi connectivity index (χ3n) is 5.60. The van der Waals surface area contributed by atoms with Crippen molar-refractivity contribution in [3.05, 3.63) is 11.6 Å². The van der Waals surface area contributed by atoms with Crippen molar-refractivity contribution in [1.82, 2.24) is 0 Å². The van der Waals surface area contributed by atoms with Gasteiger partial charge in [-0.25, -0.2) is 0 Å². The van der Waals surface area contributed by atoms with Crippen LogP contribution in [0.25, 0.3) is 0 Å². The van der Waals surface area contributed by atoms with E-state index in [1.54, 1.807) is 6.08 Å². The standard InChI is InChI=1S/C15H20O5/c1-14(2)6-5-10(17)15-9(14)4-3-8(7-16)11(15)12(18)20-13(15)19/h3,7,9-12,17-18H,4-6H2,1-2H3. The van der Waals surface area contributed by atoms with Crippen molar-refractivity contribution in [2.24, 2.45) is 22.7 Å². The summed E-state index contributed by atoms with van der Waals surface area (Å²) in [5.41, 5.74) is -0.950. The van der Waals surface area contributed by atoms with Crippen LogP contribution in [0.4, 0.5) is 0 Å². The number of aliphatic hydroxyl groups is 2. The summed E-state index contributed by atoms with van der Waals surface area (Å²) in [5, 5.41) is 20.6. The van der Waals surface area contributed by atoms with E-state index in [1.165, 1.54) is 0 Å². The first kappa shape index (κ1) is 13.8. The van der Waals surface area contributed by atoms with Gasteiger partial charge < -0.3 is 14.9 Å². The lowest BCUT2D eigenvalue weighted by Gasteiger charge is -2.54. The van der Waals surface area contributed by atoms with Gasteiger partial charge in [0.05, 0.1) is 12.0 Å². The van der Waals surface area contributed by atoms with Gasteiger partial charge in [0.2, 0.25) is 6.29 Å². The zero-order chi connectivity index (χ0) is 14.7. The Morgan fingerprint density at radius 1 is 1.40 bits per heavy atom. The Labute approximate surface area is 117 Å². The zero-order valence-electron chi connectivity index (χ0n) is 11.7. The first-order chi connectivity index (χ1) is 9.35. The predicted octanol–water partition coefficient (Wildman–Crippen LogP) is 0.790. The molecular weight excluding hydrogens is 260 g/mol. The molecule has 1 heterocycles. The molecule has 2 N–H and O–H groups in total. The van der Waals surface area contributed by atoms with Crippen LogP contribution in [-0.4, -0.2) is 34.9 Å². The van der Waals surface area contributed by atoms with Gasteiger partial charge in [-0.1, -0.05) is 19.9 Å². The van der Waals surface area contributed by atoms with Gasteiger partial charge in [-0.05, 0) is 36.2 Å². The Hall–Kier alpha value is -1.20. The first-order valence-corrected chi connectivity index (χ1v) is 7.08. The van der Waals surface area contributed by atoms with Crippen molar-refractivity contribution in [1.29, 1.82) is 0 Å². The molecule has 0 aromatic rings. The topological polar surface area (TPSA) is 83.8 Å². The third kappa shape index (κ3) is 1.45. The zero-order valence-corrected chi connectivity index (χ0v) is 11.7. The van der Waals surface area contributed by atoms with E-state index in [0.717, 1.165) is 6.42 Å². The molecule has 5 nitrogen and oxygen atoms in total. The van der Waals surface area contributed by atoms with Crippen LogP contribution in [0.5, 0.6) is 0 Å². The monoisotopic (exact) mass is 280 g/mol. The van der Waals surface area contributed by atoms with Gasteiger partial charge in [0.15, 0.2) is 0 Å². The SMILES string of the molecule is CC1(C)CCC(O)C23C(=O)OC(O)C2C(C=O)=CCC13. The van der Waals surface area contributed by atoms with Crippen molar-refractivity contribution in [2.45, 2.75) is 45.5 Å². The summed E-state index contributed by atoms with van der Waals surface area (Å²) >= 11 is 0. The Bertz CT molecular complexity index is 494. The minimum Gasteiger partial charge on any atom is -0.435 e. The maximum Gasteiger partial charge on any atom is 0.318 e. The molecule has 2 aliphatic carbocycles. The summed E-state index contributed by atoms with van der Waals surface area (Å²) in [6, 6.07) is 0. The quantitative estimate of drug-likeness (QED) is 0.548. The minimum atomic E-state index is -1.34. The largest absolute Gasteiger partial charge is 0.435 e. The second kappa shape index (κ2) is 4.15. The molecule has 20 heavy (non-hydrogen) atoms. The van der Waals surface area contributed by atoms with Crippen LogP contribution in [0, 0.1) is 22.7 Å². The first-order valence-electron chi connectivity index (χ1n) is 7.08. The highest BCUT2D eigenvalue weighted by Crippen LogP contribution is 2.63. The van der Waals surface area contributed by atoms with Gasteiger partial charge in [-0.2, -0.15) is 0 Å². The van der Waals surface area contributed by atoms with Gasteiger partial charge in [0.1, 0.15) is 11.7 Å². The molecule has 5 atom stereocenters. The average molecular weight is 280 g/mol.